The zero-order valence-electron chi connectivity index (χ0n) is 11.6. The fourth-order valence-corrected chi connectivity index (χ4v) is 2.69. The molecule has 0 amide bonds. The van der Waals surface area contributed by atoms with Crippen LogP contribution in [0.3, 0.4) is 0 Å². The van der Waals surface area contributed by atoms with E-state index in [0.717, 1.165) is 21.2 Å². The molecule has 2 rings (SSSR count). The van der Waals surface area contributed by atoms with E-state index in [0.29, 0.717) is 0 Å². The molecule has 0 bridgehead atoms. The number of benzene rings is 2. The fraction of sp³-hybridized carbons (Fsp3) is 0.118. The lowest BCUT2D eigenvalue weighted by Crippen LogP contribution is -2.04. The van der Waals surface area contributed by atoms with Crippen LogP contribution in [0.5, 0.6) is 0 Å². The van der Waals surface area contributed by atoms with Crippen LogP contribution in [-0.4, -0.2) is 5.78 Å². The molecule has 0 spiro atoms. The lowest BCUT2D eigenvalue weighted by Gasteiger charge is -2.12. The van der Waals surface area contributed by atoms with E-state index in [-0.39, 0.29) is 5.78 Å². The summed E-state index contributed by atoms with van der Waals surface area (Å²) in [6, 6.07) is 19.8. The minimum absolute atomic E-state index is 0.0692. The van der Waals surface area contributed by atoms with E-state index in [1.165, 1.54) is 11.8 Å². The number of rotatable bonds is 5. The molecule has 3 heteroatoms. The maximum Gasteiger partial charge on any atom is 0.168 e. The number of carbonyl (C=O) groups excluding carboxylic acids is 1. The van der Waals surface area contributed by atoms with E-state index in [1.807, 2.05) is 67.6 Å². The van der Waals surface area contributed by atoms with Crippen molar-refractivity contribution in [2.24, 2.45) is 0 Å². The van der Waals surface area contributed by atoms with Gasteiger partial charge in [-0.05, 0) is 38.1 Å². The first-order chi connectivity index (χ1) is 9.66. The van der Waals surface area contributed by atoms with Crippen molar-refractivity contribution >= 4 is 23.2 Å². The number of allylic oxidation sites excluding steroid dienone is 2. The van der Waals surface area contributed by atoms with Crippen LogP contribution in [0.2, 0.25) is 0 Å². The van der Waals surface area contributed by atoms with Crippen molar-refractivity contribution in [2.75, 3.05) is 5.32 Å². The number of Topliss-reactive ketones (excluding diaryl/α,β-unsaturated/α-hetero) is 1. The smallest absolute Gasteiger partial charge is 0.168 e. The van der Waals surface area contributed by atoms with Crippen molar-refractivity contribution < 1.29 is 4.79 Å². The van der Waals surface area contributed by atoms with E-state index < -0.39 is 0 Å². The summed E-state index contributed by atoms with van der Waals surface area (Å²) in [7, 11) is 0. The predicted molar refractivity (Wildman–Crippen MR) is 85.7 cm³/mol. The van der Waals surface area contributed by atoms with Gasteiger partial charge in [0.15, 0.2) is 5.78 Å². The minimum atomic E-state index is 0.0692. The lowest BCUT2D eigenvalue weighted by molar-refractivity contribution is -0.113. The van der Waals surface area contributed by atoms with Gasteiger partial charge in [-0.15, -0.1) is 0 Å². The third-order valence-electron chi connectivity index (χ3n) is 2.73. The van der Waals surface area contributed by atoms with E-state index in [4.69, 9.17) is 0 Å². The highest BCUT2D eigenvalue weighted by molar-refractivity contribution is 8.04. The molecule has 0 fully saturated rings. The van der Waals surface area contributed by atoms with Crippen LogP contribution in [0.25, 0.3) is 0 Å². The summed E-state index contributed by atoms with van der Waals surface area (Å²) in [5.41, 5.74) is 1.86. The maximum absolute atomic E-state index is 11.9. The van der Waals surface area contributed by atoms with Gasteiger partial charge in [-0.1, -0.05) is 48.2 Å². The minimum Gasteiger partial charge on any atom is -0.358 e. The number of anilines is 1. The number of ketones is 1. The van der Waals surface area contributed by atoms with Gasteiger partial charge in [0.05, 0.1) is 4.91 Å². The summed E-state index contributed by atoms with van der Waals surface area (Å²) in [5.74, 6) is 0.0692. The molecule has 0 saturated carbocycles. The van der Waals surface area contributed by atoms with Crippen LogP contribution >= 0.6 is 11.8 Å². The zero-order valence-corrected chi connectivity index (χ0v) is 12.4. The van der Waals surface area contributed by atoms with Gasteiger partial charge in [-0.2, -0.15) is 0 Å². The first-order valence-corrected chi connectivity index (χ1v) is 7.25. The molecule has 2 nitrogen and oxygen atoms in total. The van der Waals surface area contributed by atoms with Gasteiger partial charge in [-0.25, -0.2) is 0 Å². The van der Waals surface area contributed by atoms with Gasteiger partial charge in [0.2, 0.25) is 0 Å². The summed E-state index contributed by atoms with van der Waals surface area (Å²) in [5, 5.41) is 3.28. The Kier molecular flexibility index (Phi) is 5.02. The third kappa shape index (κ3) is 4.00. The Morgan fingerprint density at radius 3 is 2.00 bits per heavy atom. The molecule has 102 valence electrons. The lowest BCUT2D eigenvalue weighted by atomic mass is 10.3. The molecule has 0 aromatic heterocycles. The molecule has 2 aromatic rings. The summed E-state index contributed by atoms with van der Waals surface area (Å²) in [6.07, 6.45) is 0. The van der Waals surface area contributed by atoms with Crippen molar-refractivity contribution in [2.45, 2.75) is 18.7 Å². The summed E-state index contributed by atoms with van der Waals surface area (Å²) < 4.78 is 0. The Morgan fingerprint density at radius 1 is 0.900 bits per heavy atom. The standard InChI is InChI=1S/C17H17NOS/c1-13(18-15-9-5-3-6-10-15)17(14(2)19)20-16-11-7-4-8-12-16/h3-12,18H,1-2H3/b17-13+. The van der Waals surface area contributed by atoms with Gasteiger partial charge in [0.25, 0.3) is 0 Å². The molecule has 0 aliphatic carbocycles. The van der Waals surface area contributed by atoms with Crippen LogP contribution in [-0.2, 0) is 4.79 Å². The molecule has 20 heavy (non-hydrogen) atoms. The van der Waals surface area contributed by atoms with Crippen LogP contribution in [0, 0.1) is 0 Å². The van der Waals surface area contributed by atoms with Gasteiger partial charge < -0.3 is 5.32 Å². The Balaban J connectivity index is 2.22. The van der Waals surface area contributed by atoms with Crippen LogP contribution in [0.15, 0.2) is 76.2 Å². The largest absolute Gasteiger partial charge is 0.358 e. The van der Waals surface area contributed by atoms with Crippen LogP contribution in [0.4, 0.5) is 5.69 Å². The highest BCUT2D eigenvalue weighted by atomic mass is 32.2. The molecular formula is C17H17NOS. The Morgan fingerprint density at radius 2 is 1.45 bits per heavy atom. The molecule has 0 saturated heterocycles. The monoisotopic (exact) mass is 283 g/mol. The summed E-state index contributed by atoms with van der Waals surface area (Å²) in [4.78, 5) is 13.7. The molecule has 0 atom stereocenters. The summed E-state index contributed by atoms with van der Waals surface area (Å²) in [6.45, 7) is 3.53. The third-order valence-corrected chi connectivity index (χ3v) is 4.03. The van der Waals surface area contributed by atoms with Crippen LogP contribution < -0.4 is 5.32 Å². The number of hydrogen-bond donors (Lipinski definition) is 1. The molecule has 0 heterocycles. The predicted octanol–water partition coefficient (Wildman–Crippen LogP) is 4.71. The van der Waals surface area contributed by atoms with Gasteiger partial charge in [0, 0.05) is 16.3 Å². The first kappa shape index (κ1) is 14.4. The van der Waals surface area contributed by atoms with Crippen molar-refractivity contribution in [1.29, 1.82) is 0 Å². The molecule has 0 aliphatic heterocycles. The molecule has 0 unspecified atom stereocenters. The number of thioether (sulfide) groups is 1. The number of nitrogens with one attached hydrogen (secondary N) is 1. The normalized spacial score (nSPS) is 11.7. The Bertz CT molecular complexity index is 605. The van der Waals surface area contributed by atoms with Crippen molar-refractivity contribution in [3.8, 4) is 0 Å². The second-order valence-electron chi connectivity index (χ2n) is 4.42. The molecule has 0 radical (unpaired) electrons. The number of para-hydroxylation sites is 1. The van der Waals surface area contributed by atoms with Gasteiger partial charge >= 0.3 is 0 Å². The highest BCUT2D eigenvalue weighted by Crippen LogP contribution is 2.29. The quantitative estimate of drug-likeness (QED) is 0.636. The molecule has 2 aromatic carbocycles. The second-order valence-corrected chi connectivity index (χ2v) is 5.50. The van der Waals surface area contributed by atoms with E-state index in [2.05, 4.69) is 5.32 Å². The summed E-state index contributed by atoms with van der Waals surface area (Å²) >= 11 is 1.49. The molecule has 1 N–H and O–H groups in total. The van der Waals surface area contributed by atoms with E-state index in [1.54, 1.807) is 6.92 Å². The topological polar surface area (TPSA) is 29.1 Å². The average Bonchev–Trinajstić information content (AvgIpc) is 2.46. The average molecular weight is 283 g/mol. The maximum atomic E-state index is 11.9. The van der Waals surface area contributed by atoms with Gasteiger partial charge in [-0.3, -0.25) is 4.79 Å². The van der Waals surface area contributed by atoms with Crippen molar-refractivity contribution in [1.82, 2.24) is 0 Å². The Hall–Kier alpha value is -2.00. The molecular weight excluding hydrogens is 266 g/mol. The van der Waals surface area contributed by atoms with Crippen LogP contribution in [0.1, 0.15) is 13.8 Å². The number of carbonyl (C=O) groups is 1. The second kappa shape index (κ2) is 6.96. The fourth-order valence-electron chi connectivity index (χ4n) is 1.81. The van der Waals surface area contributed by atoms with E-state index >= 15 is 0 Å². The van der Waals surface area contributed by atoms with E-state index in [9.17, 15) is 4.79 Å². The highest BCUT2D eigenvalue weighted by Gasteiger charge is 2.10. The SMILES string of the molecule is CC(=O)/C(Sc1ccccc1)=C(/C)Nc1ccccc1. The Labute approximate surface area is 123 Å². The van der Waals surface area contributed by atoms with Gasteiger partial charge in [0.1, 0.15) is 0 Å². The molecule has 0 aliphatic rings. The number of hydrogen-bond acceptors (Lipinski definition) is 3. The van der Waals surface area contributed by atoms with Crippen molar-refractivity contribution in [3.63, 3.8) is 0 Å². The van der Waals surface area contributed by atoms with Crippen molar-refractivity contribution in [3.05, 3.63) is 71.3 Å². The first-order valence-electron chi connectivity index (χ1n) is 6.43. The zero-order chi connectivity index (χ0) is 14.4.